The fourth-order valence-electron chi connectivity index (χ4n) is 3.44. The number of nitrogens with zero attached hydrogens (tertiary/aromatic N) is 1. The molecular weight excluding hydrogens is 280 g/mol. The highest BCUT2D eigenvalue weighted by Crippen LogP contribution is 2.28. The van der Waals surface area contributed by atoms with Gasteiger partial charge in [0.25, 0.3) is 0 Å². The molecular formula is C17H32N2O3. The van der Waals surface area contributed by atoms with E-state index in [9.17, 15) is 9.90 Å². The maximum Gasteiger partial charge on any atom is 0.410 e. The molecule has 0 aromatic rings. The second kappa shape index (κ2) is 7.18. The third kappa shape index (κ3) is 5.43. The normalized spacial score (nSPS) is 25.3. The molecule has 1 atom stereocenters. The lowest BCUT2D eigenvalue weighted by molar-refractivity contribution is 0.0153. The van der Waals surface area contributed by atoms with Crippen LogP contribution in [0.5, 0.6) is 0 Å². The van der Waals surface area contributed by atoms with E-state index in [1.54, 1.807) is 0 Å². The molecule has 2 N–H and O–H groups in total. The van der Waals surface area contributed by atoms with E-state index in [4.69, 9.17) is 4.74 Å². The van der Waals surface area contributed by atoms with Crippen molar-refractivity contribution in [3.63, 3.8) is 0 Å². The Morgan fingerprint density at radius 1 is 1.32 bits per heavy atom. The van der Waals surface area contributed by atoms with Crippen LogP contribution in [0, 0.1) is 5.92 Å². The van der Waals surface area contributed by atoms with Crippen LogP contribution in [0.2, 0.25) is 0 Å². The quantitative estimate of drug-likeness (QED) is 0.837. The van der Waals surface area contributed by atoms with Crippen LogP contribution in [-0.4, -0.2) is 53.5 Å². The predicted molar refractivity (Wildman–Crippen MR) is 86.8 cm³/mol. The van der Waals surface area contributed by atoms with Crippen molar-refractivity contribution < 1.29 is 14.6 Å². The molecule has 1 saturated heterocycles. The molecule has 1 aliphatic carbocycles. The summed E-state index contributed by atoms with van der Waals surface area (Å²) in [5.41, 5.74) is -0.937. The molecule has 0 aromatic carbocycles. The van der Waals surface area contributed by atoms with Crippen molar-refractivity contribution in [2.75, 3.05) is 26.2 Å². The van der Waals surface area contributed by atoms with Crippen LogP contribution < -0.4 is 5.32 Å². The Balaban J connectivity index is 1.72. The number of carbonyl (C=O) groups is 1. The number of hydrogen-bond donors (Lipinski definition) is 2. The van der Waals surface area contributed by atoms with Gasteiger partial charge in [0.05, 0.1) is 5.60 Å². The van der Waals surface area contributed by atoms with Gasteiger partial charge in [-0.1, -0.05) is 12.8 Å². The lowest BCUT2D eigenvalue weighted by atomic mass is 9.97. The summed E-state index contributed by atoms with van der Waals surface area (Å²) in [5.74, 6) is 0.450. The first kappa shape index (κ1) is 17.5. The average Bonchev–Trinajstić information content (AvgIpc) is 2.84. The van der Waals surface area contributed by atoms with Crippen molar-refractivity contribution in [1.82, 2.24) is 10.2 Å². The topological polar surface area (TPSA) is 61.8 Å². The maximum atomic E-state index is 12.1. The summed E-state index contributed by atoms with van der Waals surface area (Å²) < 4.78 is 5.45. The van der Waals surface area contributed by atoms with E-state index in [-0.39, 0.29) is 6.09 Å². The van der Waals surface area contributed by atoms with Crippen molar-refractivity contribution >= 4 is 6.09 Å². The minimum Gasteiger partial charge on any atom is -0.444 e. The van der Waals surface area contributed by atoms with E-state index < -0.39 is 11.2 Å². The number of aliphatic hydroxyl groups is 1. The molecule has 0 radical (unpaired) electrons. The van der Waals surface area contributed by atoms with Crippen LogP contribution in [0.3, 0.4) is 0 Å². The highest BCUT2D eigenvalue weighted by molar-refractivity contribution is 5.68. The maximum absolute atomic E-state index is 12.1. The fraction of sp³-hybridized carbons (Fsp3) is 0.941. The number of likely N-dealkylation sites (tertiary alicyclic amines) is 1. The summed E-state index contributed by atoms with van der Waals surface area (Å²) in [4.78, 5) is 14.0. The second-order valence-electron chi connectivity index (χ2n) is 8.00. The van der Waals surface area contributed by atoms with E-state index in [0.29, 0.717) is 12.5 Å². The molecule has 1 aliphatic heterocycles. The summed E-state index contributed by atoms with van der Waals surface area (Å²) in [6.07, 6.45) is 6.04. The molecule has 1 unspecified atom stereocenters. The van der Waals surface area contributed by atoms with E-state index in [1.165, 1.54) is 0 Å². The zero-order chi connectivity index (χ0) is 16.2. The molecule has 5 heteroatoms. The van der Waals surface area contributed by atoms with Crippen molar-refractivity contribution in [1.29, 1.82) is 0 Å². The molecule has 2 rings (SSSR count). The van der Waals surface area contributed by atoms with Crippen LogP contribution in [0.4, 0.5) is 4.79 Å². The standard InChI is InChI=1S/C17H32N2O3/c1-16(2,3)22-15(20)19-10-6-7-14(12-19)11-18-13-17(21)8-4-5-9-17/h14,18,21H,4-13H2,1-3H3. The summed E-state index contributed by atoms with van der Waals surface area (Å²) >= 11 is 0. The molecule has 1 saturated carbocycles. The molecule has 0 spiro atoms. The lowest BCUT2D eigenvalue weighted by Gasteiger charge is -2.34. The summed E-state index contributed by atoms with van der Waals surface area (Å²) in [6, 6.07) is 0. The second-order valence-corrected chi connectivity index (χ2v) is 8.00. The molecule has 2 aliphatic rings. The van der Waals surface area contributed by atoms with Crippen LogP contribution in [0.1, 0.15) is 59.3 Å². The minimum atomic E-state index is -0.500. The molecule has 1 amide bonds. The monoisotopic (exact) mass is 312 g/mol. The van der Waals surface area contributed by atoms with Crippen molar-refractivity contribution in [3.8, 4) is 0 Å². The molecule has 2 fully saturated rings. The molecule has 128 valence electrons. The SMILES string of the molecule is CC(C)(C)OC(=O)N1CCCC(CNCC2(O)CCCC2)C1. The van der Waals surface area contributed by atoms with E-state index in [0.717, 1.165) is 58.2 Å². The number of nitrogens with one attached hydrogen (secondary N) is 1. The van der Waals surface area contributed by atoms with E-state index in [1.807, 2.05) is 25.7 Å². The lowest BCUT2D eigenvalue weighted by Crippen LogP contribution is -2.46. The molecule has 0 bridgehead atoms. The van der Waals surface area contributed by atoms with Gasteiger partial charge in [-0.15, -0.1) is 0 Å². The number of rotatable bonds is 4. The van der Waals surface area contributed by atoms with Crippen molar-refractivity contribution in [3.05, 3.63) is 0 Å². The van der Waals surface area contributed by atoms with Crippen LogP contribution in [0.15, 0.2) is 0 Å². The van der Waals surface area contributed by atoms with Crippen LogP contribution in [-0.2, 0) is 4.74 Å². The number of ether oxygens (including phenoxy) is 1. The Kier molecular flexibility index (Phi) is 5.72. The summed E-state index contributed by atoms with van der Waals surface area (Å²) in [6.45, 7) is 8.77. The van der Waals surface area contributed by atoms with Gasteiger partial charge < -0.3 is 20.1 Å². The highest BCUT2D eigenvalue weighted by atomic mass is 16.6. The minimum absolute atomic E-state index is 0.202. The predicted octanol–water partition coefficient (Wildman–Crippen LogP) is 2.53. The number of piperidine rings is 1. The zero-order valence-corrected chi connectivity index (χ0v) is 14.4. The van der Waals surface area contributed by atoms with Gasteiger partial charge in [-0.25, -0.2) is 4.79 Å². The largest absolute Gasteiger partial charge is 0.444 e. The van der Waals surface area contributed by atoms with Gasteiger partial charge in [0.15, 0.2) is 0 Å². The average molecular weight is 312 g/mol. The van der Waals surface area contributed by atoms with E-state index >= 15 is 0 Å². The van der Waals surface area contributed by atoms with Gasteiger partial charge in [-0.05, 0) is 58.9 Å². The number of carbonyl (C=O) groups excluding carboxylic acids is 1. The smallest absolute Gasteiger partial charge is 0.410 e. The van der Waals surface area contributed by atoms with Gasteiger partial charge in [-0.2, -0.15) is 0 Å². The number of amides is 1. The zero-order valence-electron chi connectivity index (χ0n) is 14.4. The molecule has 0 aromatic heterocycles. The summed E-state index contributed by atoms with van der Waals surface area (Å²) in [7, 11) is 0. The van der Waals surface area contributed by atoms with Gasteiger partial charge >= 0.3 is 6.09 Å². The molecule has 5 nitrogen and oxygen atoms in total. The Morgan fingerprint density at radius 2 is 2.00 bits per heavy atom. The van der Waals surface area contributed by atoms with Gasteiger partial charge in [-0.3, -0.25) is 0 Å². The third-order valence-electron chi connectivity index (χ3n) is 4.59. The van der Waals surface area contributed by atoms with Crippen molar-refractivity contribution in [2.45, 2.75) is 70.5 Å². The Morgan fingerprint density at radius 3 is 2.64 bits per heavy atom. The Hall–Kier alpha value is -0.810. The van der Waals surface area contributed by atoms with E-state index in [2.05, 4.69) is 5.32 Å². The van der Waals surface area contributed by atoms with Crippen LogP contribution in [0.25, 0.3) is 0 Å². The Labute approximate surface area is 134 Å². The van der Waals surface area contributed by atoms with Gasteiger partial charge in [0.1, 0.15) is 5.60 Å². The molecule has 1 heterocycles. The first-order valence-electron chi connectivity index (χ1n) is 8.68. The van der Waals surface area contributed by atoms with Gasteiger partial charge in [0, 0.05) is 19.6 Å². The highest BCUT2D eigenvalue weighted by Gasteiger charge is 2.31. The Bertz CT molecular complexity index is 373. The van der Waals surface area contributed by atoms with Crippen molar-refractivity contribution in [2.24, 2.45) is 5.92 Å². The first-order valence-corrected chi connectivity index (χ1v) is 8.68. The summed E-state index contributed by atoms with van der Waals surface area (Å²) in [5, 5.41) is 13.8. The molecule has 22 heavy (non-hydrogen) atoms. The van der Waals surface area contributed by atoms with Crippen LogP contribution >= 0.6 is 0 Å². The third-order valence-corrected chi connectivity index (χ3v) is 4.59. The number of hydrogen-bond acceptors (Lipinski definition) is 4. The first-order chi connectivity index (χ1) is 10.3. The van der Waals surface area contributed by atoms with Gasteiger partial charge in [0.2, 0.25) is 0 Å². The fourth-order valence-corrected chi connectivity index (χ4v) is 3.44.